The van der Waals surface area contributed by atoms with Gasteiger partial charge in [0.1, 0.15) is 13.2 Å². The Kier molecular flexibility index (Phi) is 6.72. The van der Waals surface area contributed by atoms with Crippen LogP contribution in [0.1, 0.15) is 51.0 Å². The van der Waals surface area contributed by atoms with Gasteiger partial charge in [-0.2, -0.15) is 0 Å². The van der Waals surface area contributed by atoms with E-state index in [4.69, 9.17) is 9.47 Å². The molecule has 0 bridgehead atoms. The van der Waals surface area contributed by atoms with Crippen molar-refractivity contribution in [2.45, 2.75) is 52.0 Å². The maximum absolute atomic E-state index is 5.59. The van der Waals surface area contributed by atoms with E-state index in [-0.39, 0.29) is 0 Å². The van der Waals surface area contributed by atoms with E-state index in [1.807, 2.05) is 6.07 Å². The van der Waals surface area contributed by atoms with Gasteiger partial charge in [0.2, 0.25) is 0 Å². The molecule has 3 nitrogen and oxygen atoms in total. The predicted octanol–water partition coefficient (Wildman–Crippen LogP) is 3.91. The molecular formula is C17H27NO2. The molecule has 0 amide bonds. The highest BCUT2D eigenvalue weighted by molar-refractivity contribution is 5.43. The van der Waals surface area contributed by atoms with Gasteiger partial charge in [-0.15, -0.1) is 0 Å². The minimum atomic E-state index is 0.654. The van der Waals surface area contributed by atoms with Crippen molar-refractivity contribution in [1.29, 1.82) is 0 Å². The molecule has 0 unspecified atom stereocenters. The van der Waals surface area contributed by atoms with Crippen molar-refractivity contribution in [3.63, 3.8) is 0 Å². The summed E-state index contributed by atoms with van der Waals surface area (Å²) in [6.45, 7) is 5.57. The maximum atomic E-state index is 5.59. The molecule has 0 atom stereocenters. The predicted molar refractivity (Wildman–Crippen MR) is 82.5 cm³/mol. The van der Waals surface area contributed by atoms with Gasteiger partial charge in [0.05, 0.1) is 0 Å². The van der Waals surface area contributed by atoms with Gasteiger partial charge >= 0.3 is 0 Å². The summed E-state index contributed by atoms with van der Waals surface area (Å²) in [5.41, 5.74) is 1.26. The molecule has 0 fully saturated rings. The lowest BCUT2D eigenvalue weighted by atomic mass is 10.1. The topological polar surface area (TPSA) is 30.5 Å². The molecule has 20 heavy (non-hydrogen) atoms. The largest absolute Gasteiger partial charge is 0.486 e. The highest BCUT2D eigenvalue weighted by atomic mass is 16.6. The molecule has 112 valence electrons. The third kappa shape index (κ3) is 5.04. The Bertz CT molecular complexity index is 393. The number of nitrogens with one attached hydrogen (secondary N) is 1. The zero-order chi connectivity index (χ0) is 14.0. The highest BCUT2D eigenvalue weighted by Gasteiger charge is 2.11. The molecule has 0 aromatic heterocycles. The summed E-state index contributed by atoms with van der Waals surface area (Å²) >= 11 is 0. The van der Waals surface area contributed by atoms with Crippen LogP contribution in [0.15, 0.2) is 18.2 Å². The number of ether oxygens (including phenoxy) is 2. The Morgan fingerprint density at radius 2 is 1.70 bits per heavy atom. The summed E-state index contributed by atoms with van der Waals surface area (Å²) in [6, 6.07) is 6.21. The first-order chi connectivity index (χ1) is 9.90. The van der Waals surface area contributed by atoms with Crippen LogP contribution >= 0.6 is 0 Å². The zero-order valence-corrected chi connectivity index (χ0v) is 12.6. The summed E-state index contributed by atoms with van der Waals surface area (Å²) < 4.78 is 11.1. The molecule has 1 aliphatic rings. The van der Waals surface area contributed by atoms with E-state index < -0.39 is 0 Å². The van der Waals surface area contributed by atoms with E-state index in [1.165, 1.54) is 44.1 Å². The van der Waals surface area contributed by atoms with Crippen molar-refractivity contribution in [2.75, 3.05) is 19.8 Å². The normalized spacial score (nSPS) is 13.4. The van der Waals surface area contributed by atoms with Crippen LogP contribution in [-0.4, -0.2) is 19.8 Å². The van der Waals surface area contributed by atoms with E-state index in [2.05, 4.69) is 24.4 Å². The van der Waals surface area contributed by atoms with Crippen LogP contribution in [0.5, 0.6) is 11.5 Å². The van der Waals surface area contributed by atoms with Crippen LogP contribution in [0, 0.1) is 0 Å². The average molecular weight is 277 g/mol. The molecule has 0 saturated heterocycles. The lowest BCUT2D eigenvalue weighted by molar-refractivity contribution is 0.171. The number of rotatable bonds is 9. The summed E-state index contributed by atoms with van der Waals surface area (Å²) in [5.74, 6) is 1.76. The molecule has 1 aromatic rings. The molecule has 0 saturated carbocycles. The molecule has 0 aliphatic carbocycles. The van der Waals surface area contributed by atoms with Gasteiger partial charge in [-0.3, -0.25) is 0 Å². The van der Waals surface area contributed by atoms with Crippen LogP contribution < -0.4 is 14.8 Å². The van der Waals surface area contributed by atoms with Gasteiger partial charge in [-0.05, 0) is 30.7 Å². The third-order valence-electron chi connectivity index (χ3n) is 3.64. The fourth-order valence-electron chi connectivity index (χ4n) is 2.46. The lowest BCUT2D eigenvalue weighted by Gasteiger charge is -2.19. The minimum absolute atomic E-state index is 0.654. The van der Waals surface area contributed by atoms with E-state index in [0.717, 1.165) is 24.6 Å². The van der Waals surface area contributed by atoms with E-state index >= 15 is 0 Å². The average Bonchev–Trinajstić information content (AvgIpc) is 2.50. The Hall–Kier alpha value is -1.22. The van der Waals surface area contributed by atoms with Crippen LogP contribution in [0.3, 0.4) is 0 Å². The molecule has 1 heterocycles. The van der Waals surface area contributed by atoms with Crippen molar-refractivity contribution < 1.29 is 9.47 Å². The van der Waals surface area contributed by atoms with Gasteiger partial charge in [0.15, 0.2) is 11.5 Å². The molecule has 1 aromatic carbocycles. The van der Waals surface area contributed by atoms with Gasteiger partial charge in [0, 0.05) is 6.54 Å². The van der Waals surface area contributed by atoms with Gasteiger partial charge in [0.25, 0.3) is 0 Å². The van der Waals surface area contributed by atoms with Crippen molar-refractivity contribution in [2.24, 2.45) is 0 Å². The SMILES string of the molecule is CCCCCCCCNCc1ccc2c(c1)OCCO2. The Labute approximate surface area is 122 Å². The van der Waals surface area contributed by atoms with Gasteiger partial charge < -0.3 is 14.8 Å². The number of unbranched alkanes of at least 4 members (excludes halogenated alkanes) is 5. The molecule has 1 aliphatic heterocycles. The molecule has 2 rings (SSSR count). The molecule has 1 N–H and O–H groups in total. The lowest BCUT2D eigenvalue weighted by Crippen LogP contribution is -2.17. The molecule has 0 spiro atoms. The molecule has 3 heteroatoms. The fraction of sp³-hybridized carbons (Fsp3) is 0.647. The van der Waals surface area contributed by atoms with Crippen LogP contribution in [0.25, 0.3) is 0 Å². The Balaban J connectivity index is 1.60. The van der Waals surface area contributed by atoms with Crippen molar-refractivity contribution in [3.8, 4) is 11.5 Å². The second-order valence-electron chi connectivity index (χ2n) is 5.42. The fourth-order valence-corrected chi connectivity index (χ4v) is 2.46. The monoisotopic (exact) mass is 277 g/mol. The second kappa shape index (κ2) is 8.85. The maximum Gasteiger partial charge on any atom is 0.161 e. The molecular weight excluding hydrogens is 250 g/mol. The Morgan fingerprint density at radius 1 is 0.950 bits per heavy atom. The number of hydrogen-bond donors (Lipinski definition) is 1. The summed E-state index contributed by atoms with van der Waals surface area (Å²) in [5, 5.41) is 3.50. The first-order valence-corrected chi connectivity index (χ1v) is 7.99. The first-order valence-electron chi connectivity index (χ1n) is 7.99. The summed E-state index contributed by atoms with van der Waals surface area (Å²) in [6.07, 6.45) is 8.08. The van der Waals surface area contributed by atoms with Crippen LogP contribution in [-0.2, 0) is 6.54 Å². The highest BCUT2D eigenvalue weighted by Crippen LogP contribution is 2.30. The van der Waals surface area contributed by atoms with Crippen molar-refractivity contribution in [1.82, 2.24) is 5.32 Å². The van der Waals surface area contributed by atoms with Crippen molar-refractivity contribution in [3.05, 3.63) is 23.8 Å². The molecule has 0 radical (unpaired) electrons. The van der Waals surface area contributed by atoms with Gasteiger partial charge in [-0.25, -0.2) is 0 Å². The second-order valence-corrected chi connectivity index (χ2v) is 5.42. The zero-order valence-electron chi connectivity index (χ0n) is 12.6. The smallest absolute Gasteiger partial charge is 0.161 e. The number of fused-ring (bicyclic) bond motifs is 1. The van der Waals surface area contributed by atoms with Crippen LogP contribution in [0.4, 0.5) is 0 Å². The van der Waals surface area contributed by atoms with Crippen LogP contribution in [0.2, 0.25) is 0 Å². The summed E-state index contributed by atoms with van der Waals surface area (Å²) in [7, 11) is 0. The van der Waals surface area contributed by atoms with Crippen molar-refractivity contribution >= 4 is 0 Å². The van der Waals surface area contributed by atoms with E-state index in [9.17, 15) is 0 Å². The summed E-state index contributed by atoms with van der Waals surface area (Å²) in [4.78, 5) is 0. The minimum Gasteiger partial charge on any atom is -0.486 e. The standard InChI is InChI=1S/C17H27NO2/c1-2-3-4-5-6-7-10-18-14-15-8-9-16-17(13-15)20-12-11-19-16/h8-9,13,18H,2-7,10-12,14H2,1H3. The number of hydrogen-bond acceptors (Lipinski definition) is 3. The third-order valence-corrected chi connectivity index (χ3v) is 3.64. The Morgan fingerprint density at radius 3 is 2.55 bits per heavy atom. The first kappa shape index (κ1) is 15.2. The number of benzene rings is 1. The van der Waals surface area contributed by atoms with Gasteiger partial charge in [-0.1, -0.05) is 45.1 Å². The van der Waals surface area contributed by atoms with E-state index in [1.54, 1.807) is 0 Å². The quantitative estimate of drug-likeness (QED) is 0.694. The van der Waals surface area contributed by atoms with E-state index in [0.29, 0.717) is 13.2 Å².